The van der Waals surface area contributed by atoms with Gasteiger partial charge in [-0.3, -0.25) is 0 Å². The third kappa shape index (κ3) is 2.32. The first-order valence-corrected chi connectivity index (χ1v) is 5.98. The average molecular weight is 195 g/mol. The highest BCUT2D eigenvalue weighted by Crippen LogP contribution is 2.40. The van der Waals surface area contributed by atoms with E-state index in [0.717, 1.165) is 24.7 Å². The van der Waals surface area contributed by atoms with Gasteiger partial charge < -0.3 is 5.73 Å². The maximum Gasteiger partial charge on any atom is 0.00729 e. The first kappa shape index (κ1) is 9.22. The first-order chi connectivity index (χ1) is 6.27. The van der Waals surface area contributed by atoms with Gasteiger partial charge in [0.1, 0.15) is 0 Å². The Balaban J connectivity index is 1.73. The Hall–Kier alpha value is -0.340. The van der Waals surface area contributed by atoms with Crippen LogP contribution in [0, 0.1) is 11.8 Å². The van der Waals surface area contributed by atoms with Crippen molar-refractivity contribution < 1.29 is 0 Å². The molecule has 0 saturated heterocycles. The summed E-state index contributed by atoms with van der Waals surface area (Å²) in [7, 11) is 0. The zero-order valence-corrected chi connectivity index (χ0v) is 8.89. The molecular formula is C11H17NS. The second kappa shape index (κ2) is 3.81. The van der Waals surface area contributed by atoms with E-state index in [4.69, 9.17) is 5.73 Å². The first-order valence-electron chi connectivity index (χ1n) is 5.04. The van der Waals surface area contributed by atoms with Crippen LogP contribution in [0.1, 0.15) is 25.3 Å². The van der Waals surface area contributed by atoms with E-state index < -0.39 is 0 Å². The van der Waals surface area contributed by atoms with Crippen LogP contribution in [-0.2, 0) is 6.42 Å². The second-order valence-electron chi connectivity index (χ2n) is 4.21. The maximum absolute atomic E-state index is 6.09. The molecule has 3 unspecified atom stereocenters. The van der Waals surface area contributed by atoms with Crippen LogP contribution in [-0.4, -0.2) is 6.04 Å². The van der Waals surface area contributed by atoms with Crippen molar-refractivity contribution >= 4 is 11.3 Å². The zero-order valence-electron chi connectivity index (χ0n) is 8.07. The summed E-state index contributed by atoms with van der Waals surface area (Å²) in [6.45, 7) is 2.30. The molecule has 2 heteroatoms. The van der Waals surface area contributed by atoms with Gasteiger partial charge in [-0.15, -0.1) is 0 Å². The average Bonchev–Trinajstić information content (AvgIpc) is 2.68. The van der Waals surface area contributed by atoms with Crippen LogP contribution in [0.4, 0.5) is 0 Å². The highest BCUT2D eigenvalue weighted by Gasteiger charge is 2.36. The molecule has 1 aliphatic carbocycles. The molecule has 0 radical (unpaired) electrons. The van der Waals surface area contributed by atoms with E-state index in [1.54, 1.807) is 11.3 Å². The largest absolute Gasteiger partial charge is 0.327 e. The number of hydrogen-bond acceptors (Lipinski definition) is 2. The van der Waals surface area contributed by atoms with Crippen molar-refractivity contribution in [3.63, 3.8) is 0 Å². The second-order valence-corrected chi connectivity index (χ2v) is 4.99. The fourth-order valence-electron chi connectivity index (χ4n) is 1.93. The van der Waals surface area contributed by atoms with Gasteiger partial charge >= 0.3 is 0 Å². The van der Waals surface area contributed by atoms with E-state index in [9.17, 15) is 0 Å². The van der Waals surface area contributed by atoms with Crippen molar-refractivity contribution in [1.29, 1.82) is 0 Å². The summed E-state index contributed by atoms with van der Waals surface area (Å²) in [4.78, 5) is 0. The summed E-state index contributed by atoms with van der Waals surface area (Å²) in [6, 6.07) is 2.64. The number of nitrogens with two attached hydrogens (primary N) is 1. The molecule has 1 aromatic heterocycles. The van der Waals surface area contributed by atoms with E-state index in [1.807, 2.05) is 0 Å². The quantitative estimate of drug-likeness (QED) is 0.785. The molecule has 1 nitrogen and oxygen atoms in total. The monoisotopic (exact) mass is 195 g/mol. The van der Waals surface area contributed by atoms with Crippen molar-refractivity contribution in [3.05, 3.63) is 22.4 Å². The fraction of sp³-hybridized carbons (Fsp3) is 0.636. The van der Waals surface area contributed by atoms with Crippen LogP contribution in [0.2, 0.25) is 0 Å². The molecule has 0 aliphatic heterocycles. The summed E-state index contributed by atoms with van der Waals surface area (Å²) in [5, 5.41) is 4.36. The standard InChI is InChI=1S/C11H17NS/c1-8-6-10(8)11(12)3-2-9-4-5-13-7-9/h4-5,7-8,10-11H,2-3,6,12H2,1H3. The Morgan fingerprint density at radius 2 is 2.46 bits per heavy atom. The number of thiophene rings is 1. The number of aryl methyl sites for hydroxylation is 1. The van der Waals surface area contributed by atoms with Crippen LogP contribution in [0.15, 0.2) is 16.8 Å². The lowest BCUT2D eigenvalue weighted by Crippen LogP contribution is -2.23. The van der Waals surface area contributed by atoms with Crippen LogP contribution in [0.3, 0.4) is 0 Å². The van der Waals surface area contributed by atoms with Crippen molar-refractivity contribution in [1.82, 2.24) is 0 Å². The molecule has 1 aliphatic rings. The van der Waals surface area contributed by atoms with E-state index in [-0.39, 0.29) is 0 Å². The summed E-state index contributed by atoms with van der Waals surface area (Å²) in [5.74, 6) is 1.70. The van der Waals surface area contributed by atoms with E-state index in [1.165, 1.54) is 12.0 Å². The van der Waals surface area contributed by atoms with Gasteiger partial charge in [0.05, 0.1) is 0 Å². The summed E-state index contributed by atoms with van der Waals surface area (Å²) in [6.07, 6.45) is 3.67. The van der Waals surface area contributed by atoms with E-state index >= 15 is 0 Å². The van der Waals surface area contributed by atoms with Crippen LogP contribution >= 0.6 is 11.3 Å². The van der Waals surface area contributed by atoms with Gasteiger partial charge in [-0.2, -0.15) is 11.3 Å². The van der Waals surface area contributed by atoms with Gasteiger partial charge in [0.25, 0.3) is 0 Å². The van der Waals surface area contributed by atoms with Gasteiger partial charge in [0.2, 0.25) is 0 Å². The topological polar surface area (TPSA) is 26.0 Å². The van der Waals surface area contributed by atoms with Crippen LogP contribution < -0.4 is 5.73 Å². The molecule has 3 atom stereocenters. The van der Waals surface area contributed by atoms with E-state index in [2.05, 4.69) is 23.8 Å². The van der Waals surface area contributed by atoms with Crippen LogP contribution in [0.25, 0.3) is 0 Å². The highest BCUT2D eigenvalue weighted by molar-refractivity contribution is 7.07. The molecule has 0 amide bonds. The predicted molar refractivity (Wildman–Crippen MR) is 57.9 cm³/mol. The summed E-state index contributed by atoms with van der Waals surface area (Å²) >= 11 is 1.78. The summed E-state index contributed by atoms with van der Waals surface area (Å²) < 4.78 is 0. The van der Waals surface area contributed by atoms with Gasteiger partial charge in [0.15, 0.2) is 0 Å². The van der Waals surface area contributed by atoms with Crippen molar-refractivity contribution in [2.24, 2.45) is 17.6 Å². The molecule has 1 heterocycles. The smallest absolute Gasteiger partial charge is 0.00729 e. The maximum atomic E-state index is 6.09. The Morgan fingerprint density at radius 1 is 1.69 bits per heavy atom. The molecule has 2 N–H and O–H groups in total. The van der Waals surface area contributed by atoms with E-state index in [0.29, 0.717) is 6.04 Å². The molecule has 0 bridgehead atoms. The Kier molecular flexibility index (Phi) is 2.70. The van der Waals surface area contributed by atoms with Crippen LogP contribution in [0.5, 0.6) is 0 Å². The lowest BCUT2D eigenvalue weighted by Gasteiger charge is -2.09. The Bertz CT molecular complexity index is 255. The third-order valence-corrected chi connectivity index (χ3v) is 3.80. The molecule has 1 fully saturated rings. The minimum absolute atomic E-state index is 0.440. The minimum atomic E-state index is 0.440. The molecule has 1 saturated carbocycles. The SMILES string of the molecule is CC1CC1C(N)CCc1ccsc1. The van der Waals surface area contributed by atoms with Crippen molar-refractivity contribution in [2.75, 3.05) is 0 Å². The lowest BCUT2D eigenvalue weighted by molar-refractivity contribution is 0.525. The van der Waals surface area contributed by atoms with Gasteiger partial charge in [-0.05, 0) is 53.5 Å². The molecule has 2 rings (SSSR count). The Labute approximate surface area is 84.0 Å². The number of rotatable bonds is 4. The minimum Gasteiger partial charge on any atom is -0.327 e. The lowest BCUT2D eigenvalue weighted by atomic mass is 10.0. The fourth-order valence-corrected chi connectivity index (χ4v) is 2.63. The predicted octanol–water partition coefficient (Wildman–Crippen LogP) is 2.66. The molecule has 0 aromatic carbocycles. The molecule has 72 valence electrons. The Morgan fingerprint density at radius 3 is 3.00 bits per heavy atom. The summed E-state index contributed by atoms with van der Waals surface area (Å²) in [5.41, 5.74) is 7.54. The molecule has 13 heavy (non-hydrogen) atoms. The highest BCUT2D eigenvalue weighted by atomic mass is 32.1. The zero-order chi connectivity index (χ0) is 9.26. The molecular weight excluding hydrogens is 178 g/mol. The van der Waals surface area contributed by atoms with Gasteiger partial charge in [-0.1, -0.05) is 6.92 Å². The van der Waals surface area contributed by atoms with Crippen molar-refractivity contribution in [3.8, 4) is 0 Å². The van der Waals surface area contributed by atoms with Gasteiger partial charge in [-0.25, -0.2) is 0 Å². The molecule has 1 aromatic rings. The van der Waals surface area contributed by atoms with Crippen molar-refractivity contribution in [2.45, 2.75) is 32.2 Å². The number of hydrogen-bond donors (Lipinski definition) is 1. The third-order valence-electron chi connectivity index (χ3n) is 3.07. The normalized spacial score (nSPS) is 28.8. The van der Waals surface area contributed by atoms with Gasteiger partial charge in [0, 0.05) is 6.04 Å². The molecule has 0 spiro atoms.